The van der Waals surface area contributed by atoms with Gasteiger partial charge in [-0.2, -0.15) is 0 Å². The molecule has 20 heavy (non-hydrogen) atoms. The fraction of sp³-hybridized carbons (Fsp3) is 0.294. The van der Waals surface area contributed by atoms with E-state index in [0.717, 1.165) is 12.8 Å². The summed E-state index contributed by atoms with van der Waals surface area (Å²) in [5.41, 5.74) is 3.01. The molecule has 106 valence electrons. The smallest absolute Gasteiger partial charge is 0.127 e. The first-order valence-corrected chi connectivity index (χ1v) is 7.50. The maximum absolute atomic E-state index is 13.7. The Hall–Kier alpha value is -1.05. The van der Waals surface area contributed by atoms with Crippen molar-refractivity contribution in [3.05, 3.63) is 70.0 Å². The molecule has 0 aliphatic heterocycles. The van der Waals surface area contributed by atoms with E-state index in [4.69, 9.17) is 23.2 Å². The lowest BCUT2D eigenvalue weighted by atomic mass is 10.0. The van der Waals surface area contributed by atoms with Crippen molar-refractivity contribution in [3.8, 4) is 0 Å². The molecule has 0 spiro atoms. The van der Waals surface area contributed by atoms with E-state index in [9.17, 15) is 4.39 Å². The normalized spacial score (nSPS) is 12.4. The summed E-state index contributed by atoms with van der Waals surface area (Å²) >= 11 is 12.3. The van der Waals surface area contributed by atoms with Crippen molar-refractivity contribution in [1.29, 1.82) is 0 Å². The Labute approximate surface area is 129 Å². The molecule has 0 fully saturated rings. The van der Waals surface area contributed by atoms with Crippen LogP contribution in [0.3, 0.4) is 0 Å². The molecule has 2 aromatic rings. The summed E-state index contributed by atoms with van der Waals surface area (Å²) in [4.78, 5) is 0. The summed E-state index contributed by atoms with van der Waals surface area (Å²) in [5, 5.41) is 0.330. The van der Waals surface area contributed by atoms with E-state index < -0.39 is 0 Å². The van der Waals surface area contributed by atoms with E-state index in [1.54, 1.807) is 12.1 Å². The zero-order chi connectivity index (χ0) is 14.5. The number of halogens is 3. The van der Waals surface area contributed by atoms with Gasteiger partial charge in [0, 0.05) is 16.0 Å². The molecule has 0 aromatic heterocycles. The second-order valence-electron chi connectivity index (χ2n) is 5.03. The topological polar surface area (TPSA) is 0 Å². The maximum atomic E-state index is 13.7. The number of hydrogen-bond donors (Lipinski definition) is 0. The summed E-state index contributed by atoms with van der Waals surface area (Å²) in [7, 11) is 0. The minimum Gasteiger partial charge on any atom is -0.207 e. The minimum atomic E-state index is -0.279. The SMILES string of the molecule is Cc1cccc(CCC(Cl)Cc2c(F)cccc2Cl)c1. The van der Waals surface area contributed by atoms with Crippen LogP contribution in [0.5, 0.6) is 0 Å². The van der Waals surface area contributed by atoms with Crippen LogP contribution in [-0.4, -0.2) is 5.38 Å². The lowest BCUT2D eigenvalue weighted by molar-refractivity contribution is 0.601. The molecule has 0 saturated heterocycles. The van der Waals surface area contributed by atoms with E-state index in [0.29, 0.717) is 17.0 Å². The Morgan fingerprint density at radius 1 is 1.15 bits per heavy atom. The monoisotopic (exact) mass is 310 g/mol. The lowest BCUT2D eigenvalue weighted by Crippen LogP contribution is -2.07. The van der Waals surface area contributed by atoms with Crippen molar-refractivity contribution in [3.63, 3.8) is 0 Å². The molecule has 0 aliphatic rings. The highest BCUT2D eigenvalue weighted by molar-refractivity contribution is 6.31. The third-order valence-corrected chi connectivity index (χ3v) is 4.04. The molecule has 1 atom stereocenters. The number of hydrogen-bond acceptors (Lipinski definition) is 0. The summed E-state index contributed by atoms with van der Waals surface area (Å²) in [5.74, 6) is -0.279. The number of benzene rings is 2. The molecule has 0 N–H and O–H groups in total. The number of aryl methyl sites for hydroxylation is 2. The molecule has 1 unspecified atom stereocenters. The predicted molar refractivity (Wildman–Crippen MR) is 84.3 cm³/mol. The van der Waals surface area contributed by atoms with Crippen LogP contribution in [0.2, 0.25) is 5.02 Å². The molecule has 0 nitrogen and oxygen atoms in total. The summed E-state index contributed by atoms with van der Waals surface area (Å²) in [6, 6.07) is 13.1. The van der Waals surface area contributed by atoms with Gasteiger partial charge < -0.3 is 0 Å². The van der Waals surface area contributed by atoms with E-state index in [-0.39, 0.29) is 11.2 Å². The lowest BCUT2D eigenvalue weighted by Gasteiger charge is -2.12. The molecule has 2 aromatic carbocycles. The molecule has 0 radical (unpaired) electrons. The molecule has 0 saturated carbocycles. The fourth-order valence-electron chi connectivity index (χ4n) is 2.24. The second-order valence-corrected chi connectivity index (χ2v) is 6.05. The van der Waals surface area contributed by atoms with Gasteiger partial charge in [-0.05, 0) is 43.9 Å². The average molecular weight is 311 g/mol. The quantitative estimate of drug-likeness (QED) is 0.633. The Kier molecular flexibility index (Phi) is 5.45. The van der Waals surface area contributed by atoms with E-state index in [1.165, 1.54) is 17.2 Å². The third-order valence-electron chi connectivity index (χ3n) is 3.32. The summed E-state index contributed by atoms with van der Waals surface area (Å²) in [6.45, 7) is 2.07. The van der Waals surface area contributed by atoms with Gasteiger partial charge in [0.1, 0.15) is 5.82 Å². The molecular weight excluding hydrogens is 294 g/mol. The Balaban J connectivity index is 1.94. The molecule has 0 bridgehead atoms. The van der Waals surface area contributed by atoms with Gasteiger partial charge in [0.15, 0.2) is 0 Å². The first-order chi connectivity index (χ1) is 9.56. The minimum absolute atomic E-state index is 0.120. The van der Waals surface area contributed by atoms with Crippen molar-refractivity contribution in [2.24, 2.45) is 0 Å². The van der Waals surface area contributed by atoms with Crippen LogP contribution in [0.25, 0.3) is 0 Å². The largest absolute Gasteiger partial charge is 0.207 e. The highest BCUT2D eigenvalue weighted by Crippen LogP contribution is 2.23. The second kappa shape index (κ2) is 7.10. The van der Waals surface area contributed by atoms with Crippen LogP contribution in [-0.2, 0) is 12.8 Å². The zero-order valence-corrected chi connectivity index (χ0v) is 12.9. The van der Waals surface area contributed by atoms with Crippen LogP contribution in [0.4, 0.5) is 4.39 Å². The predicted octanol–water partition coefficient (Wildman–Crippen LogP) is 5.57. The van der Waals surface area contributed by atoms with Crippen LogP contribution in [0.1, 0.15) is 23.1 Å². The number of rotatable bonds is 5. The number of alkyl halides is 1. The van der Waals surface area contributed by atoms with E-state index in [1.807, 2.05) is 6.07 Å². The van der Waals surface area contributed by atoms with Gasteiger partial charge >= 0.3 is 0 Å². The van der Waals surface area contributed by atoms with Gasteiger partial charge in [-0.1, -0.05) is 47.5 Å². The van der Waals surface area contributed by atoms with Crippen LogP contribution < -0.4 is 0 Å². The van der Waals surface area contributed by atoms with Crippen LogP contribution in [0, 0.1) is 12.7 Å². The summed E-state index contributed by atoms with van der Waals surface area (Å²) in [6.07, 6.45) is 2.15. The van der Waals surface area contributed by atoms with Gasteiger partial charge in [0.2, 0.25) is 0 Å². The van der Waals surface area contributed by atoms with Crippen molar-refractivity contribution in [1.82, 2.24) is 0 Å². The van der Waals surface area contributed by atoms with Crippen molar-refractivity contribution >= 4 is 23.2 Å². The molecule has 0 heterocycles. The van der Waals surface area contributed by atoms with Gasteiger partial charge in [-0.15, -0.1) is 11.6 Å². The molecule has 2 rings (SSSR count). The van der Waals surface area contributed by atoms with Gasteiger partial charge in [0.25, 0.3) is 0 Å². The van der Waals surface area contributed by atoms with Gasteiger partial charge in [-0.3, -0.25) is 0 Å². The van der Waals surface area contributed by atoms with Gasteiger partial charge in [-0.25, -0.2) is 4.39 Å². The van der Waals surface area contributed by atoms with E-state index >= 15 is 0 Å². The molecule has 0 amide bonds. The fourth-order valence-corrected chi connectivity index (χ4v) is 2.75. The Bertz CT molecular complexity index is 561. The Morgan fingerprint density at radius 2 is 1.90 bits per heavy atom. The average Bonchev–Trinajstić information content (AvgIpc) is 2.41. The van der Waals surface area contributed by atoms with Crippen molar-refractivity contribution in [2.45, 2.75) is 31.6 Å². The van der Waals surface area contributed by atoms with Crippen LogP contribution >= 0.6 is 23.2 Å². The van der Waals surface area contributed by atoms with E-state index in [2.05, 4.69) is 25.1 Å². The van der Waals surface area contributed by atoms with Crippen LogP contribution in [0.15, 0.2) is 42.5 Å². The zero-order valence-electron chi connectivity index (χ0n) is 11.4. The molecule has 0 aliphatic carbocycles. The van der Waals surface area contributed by atoms with Crippen molar-refractivity contribution < 1.29 is 4.39 Å². The standard InChI is InChI=1S/C17H17Cl2F/c1-12-4-2-5-13(10-12)8-9-14(18)11-15-16(19)6-3-7-17(15)20/h2-7,10,14H,8-9,11H2,1H3. The van der Waals surface area contributed by atoms with Gasteiger partial charge in [0.05, 0.1) is 0 Å². The first kappa shape index (κ1) is 15.3. The third kappa shape index (κ3) is 4.22. The molecular formula is C17H17Cl2F. The Morgan fingerprint density at radius 3 is 2.60 bits per heavy atom. The highest BCUT2D eigenvalue weighted by atomic mass is 35.5. The summed E-state index contributed by atoms with van der Waals surface area (Å²) < 4.78 is 13.7. The maximum Gasteiger partial charge on any atom is 0.127 e. The van der Waals surface area contributed by atoms with Crippen molar-refractivity contribution in [2.75, 3.05) is 0 Å². The highest BCUT2D eigenvalue weighted by Gasteiger charge is 2.13. The molecule has 3 heteroatoms. The first-order valence-electron chi connectivity index (χ1n) is 6.69.